The Morgan fingerprint density at radius 1 is 1.43 bits per heavy atom. The van der Waals surface area contributed by atoms with Crippen LogP contribution in [0.3, 0.4) is 0 Å². The summed E-state index contributed by atoms with van der Waals surface area (Å²) >= 11 is 1.56. The van der Waals surface area contributed by atoms with E-state index >= 15 is 0 Å². The van der Waals surface area contributed by atoms with Gasteiger partial charge in [-0.1, -0.05) is 12.1 Å². The lowest BCUT2D eigenvalue weighted by atomic mass is 10.0. The van der Waals surface area contributed by atoms with Gasteiger partial charge in [0.1, 0.15) is 0 Å². The number of hydrogen-bond donors (Lipinski definition) is 0. The van der Waals surface area contributed by atoms with E-state index in [-0.39, 0.29) is 11.9 Å². The molecule has 1 amide bonds. The predicted molar refractivity (Wildman–Crippen MR) is 92.8 cm³/mol. The third-order valence-corrected chi connectivity index (χ3v) is 4.44. The second-order valence-corrected chi connectivity index (χ2v) is 6.22. The molecule has 0 saturated carbocycles. The van der Waals surface area contributed by atoms with Crippen molar-refractivity contribution in [3.05, 3.63) is 57.6 Å². The monoisotopic (exact) mass is 325 g/mol. The third kappa shape index (κ3) is 4.27. The van der Waals surface area contributed by atoms with Crippen LogP contribution in [0.25, 0.3) is 6.08 Å². The molecule has 1 heterocycles. The number of thiazole rings is 1. The van der Waals surface area contributed by atoms with Crippen LogP contribution in [0.4, 0.5) is 0 Å². The van der Waals surface area contributed by atoms with E-state index in [4.69, 9.17) is 5.26 Å². The normalized spacial score (nSPS) is 12.1. The summed E-state index contributed by atoms with van der Waals surface area (Å²) in [6, 6.07) is 9.39. The SMILES string of the molecule is CCN(C(=O)/C=C/c1csc(C)n1)C(C)c1ccc(C#N)cc1. The molecule has 0 bridgehead atoms. The Bertz CT molecular complexity index is 740. The molecule has 118 valence electrons. The van der Waals surface area contributed by atoms with Crippen molar-refractivity contribution in [2.45, 2.75) is 26.8 Å². The summed E-state index contributed by atoms with van der Waals surface area (Å²) < 4.78 is 0. The minimum atomic E-state index is -0.0536. The number of aromatic nitrogens is 1. The molecule has 2 aromatic rings. The Labute approximate surface area is 140 Å². The molecule has 1 aromatic heterocycles. The average molecular weight is 325 g/mol. The van der Waals surface area contributed by atoms with Gasteiger partial charge in [-0.15, -0.1) is 11.3 Å². The fourth-order valence-corrected chi connectivity index (χ4v) is 2.93. The van der Waals surface area contributed by atoms with Gasteiger partial charge in [0.2, 0.25) is 5.91 Å². The minimum absolute atomic E-state index is 0.0463. The van der Waals surface area contributed by atoms with Gasteiger partial charge in [0.05, 0.1) is 28.4 Å². The Balaban J connectivity index is 2.12. The lowest BCUT2D eigenvalue weighted by Crippen LogP contribution is -2.32. The molecule has 0 aliphatic rings. The number of carbonyl (C=O) groups excluding carboxylic acids is 1. The fourth-order valence-electron chi connectivity index (χ4n) is 2.35. The van der Waals surface area contributed by atoms with Crippen molar-refractivity contribution in [1.82, 2.24) is 9.88 Å². The topological polar surface area (TPSA) is 57.0 Å². The summed E-state index contributed by atoms with van der Waals surface area (Å²) in [6.07, 6.45) is 3.32. The number of nitriles is 1. The first-order valence-corrected chi connectivity index (χ1v) is 8.34. The van der Waals surface area contributed by atoms with Crippen LogP contribution in [0.1, 0.15) is 41.7 Å². The van der Waals surface area contributed by atoms with E-state index in [9.17, 15) is 4.79 Å². The molecule has 4 nitrogen and oxygen atoms in total. The Kier molecular flexibility index (Phi) is 5.67. The fraction of sp³-hybridized carbons (Fsp3) is 0.278. The number of likely N-dealkylation sites (N-methyl/N-ethyl adjacent to an activating group) is 1. The van der Waals surface area contributed by atoms with Crippen LogP contribution in [-0.2, 0) is 4.79 Å². The molecular weight excluding hydrogens is 306 g/mol. The van der Waals surface area contributed by atoms with Gasteiger partial charge in [0.15, 0.2) is 0 Å². The number of aryl methyl sites for hydroxylation is 1. The van der Waals surface area contributed by atoms with Crippen LogP contribution in [0.15, 0.2) is 35.7 Å². The molecule has 0 spiro atoms. The van der Waals surface area contributed by atoms with Crippen molar-refractivity contribution in [2.75, 3.05) is 6.54 Å². The molecule has 1 unspecified atom stereocenters. The predicted octanol–water partition coefficient (Wildman–Crippen LogP) is 3.95. The van der Waals surface area contributed by atoms with Gasteiger partial charge in [-0.05, 0) is 44.5 Å². The first-order valence-electron chi connectivity index (χ1n) is 7.46. The molecule has 23 heavy (non-hydrogen) atoms. The third-order valence-electron chi connectivity index (χ3n) is 3.65. The summed E-state index contributed by atoms with van der Waals surface area (Å²) in [4.78, 5) is 18.6. The first kappa shape index (κ1) is 16.9. The molecule has 0 N–H and O–H groups in total. The van der Waals surface area contributed by atoms with Gasteiger partial charge in [-0.25, -0.2) is 4.98 Å². The Morgan fingerprint density at radius 2 is 2.13 bits per heavy atom. The van der Waals surface area contributed by atoms with Crippen molar-refractivity contribution >= 4 is 23.3 Å². The lowest BCUT2D eigenvalue weighted by Gasteiger charge is -2.27. The second kappa shape index (κ2) is 7.70. The van der Waals surface area contributed by atoms with Crippen LogP contribution >= 0.6 is 11.3 Å². The van der Waals surface area contributed by atoms with E-state index in [1.165, 1.54) is 0 Å². The summed E-state index contributed by atoms with van der Waals surface area (Å²) in [5.74, 6) is -0.0463. The number of nitrogens with zero attached hydrogens (tertiary/aromatic N) is 3. The van der Waals surface area contributed by atoms with E-state index < -0.39 is 0 Å². The molecule has 2 rings (SSSR count). The van der Waals surface area contributed by atoms with Crippen molar-refractivity contribution in [3.8, 4) is 6.07 Å². The van der Waals surface area contributed by atoms with Crippen LogP contribution in [0.5, 0.6) is 0 Å². The largest absolute Gasteiger partial charge is 0.333 e. The smallest absolute Gasteiger partial charge is 0.247 e. The number of rotatable bonds is 5. The molecule has 1 aromatic carbocycles. The molecule has 0 aliphatic carbocycles. The summed E-state index contributed by atoms with van der Waals surface area (Å²) in [7, 11) is 0. The molecule has 0 saturated heterocycles. The average Bonchev–Trinajstić information content (AvgIpc) is 2.99. The van der Waals surface area contributed by atoms with Crippen LogP contribution in [-0.4, -0.2) is 22.3 Å². The minimum Gasteiger partial charge on any atom is -0.333 e. The highest BCUT2D eigenvalue weighted by atomic mass is 32.1. The first-order chi connectivity index (χ1) is 11.0. The zero-order chi connectivity index (χ0) is 16.8. The highest BCUT2D eigenvalue weighted by Crippen LogP contribution is 2.21. The van der Waals surface area contributed by atoms with Crippen LogP contribution in [0.2, 0.25) is 0 Å². The standard InChI is InChI=1S/C18H19N3OS/c1-4-21(13(2)16-7-5-15(11-19)6-8-16)18(22)10-9-17-12-23-14(3)20-17/h5-10,12-13H,4H2,1-3H3/b10-9+. The maximum absolute atomic E-state index is 12.5. The van der Waals surface area contributed by atoms with Crippen LogP contribution in [0, 0.1) is 18.3 Å². The Hall–Kier alpha value is -2.45. The quantitative estimate of drug-likeness (QED) is 0.782. The van der Waals surface area contributed by atoms with E-state index in [0.29, 0.717) is 12.1 Å². The molecule has 0 aliphatic heterocycles. The zero-order valence-corrected chi connectivity index (χ0v) is 14.3. The zero-order valence-electron chi connectivity index (χ0n) is 13.5. The van der Waals surface area contributed by atoms with E-state index in [2.05, 4.69) is 11.1 Å². The summed E-state index contributed by atoms with van der Waals surface area (Å²) in [6.45, 7) is 6.50. The van der Waals surface area contributed by atoms with Crippen molar-refractivity contribution in [2.24, 2.45) is 0 Å². The van der Waals surface area contributed by atoms with Crippen molar-refractivity contribution < 1.29 is 4.79 Å². The molecule has 0 radical (unpaired) electrons. The van der Waals surface area contributed by atoms with Gasteiger partial charge >= 0.3 is 0 Å². The molecular formula is C18H19N3OS. The molecule has 0 fully saturated rings. The highest BCUT2D eigenvalue weighted by Gasteiger charge is 2.18. The van der Waals surface area contributed by atoms with Crippen LogP contribution < -0.4 is 0 Å². The van der Waals surface area contributed by atoms with Gasteiger partial charge in [0, 0.05) is 18.0 Å². The highest BCUT2D eigenvalue weighted by molar-refractivity contribution is 7.09. The second-order valence-electron chi connectivity index (χ2n) is 5.16. The summed E-state index contributed by atoms with van der Waals surface area (Å²) in [5, 5.41) is 11.8. The van der Waals surface area contributed by atoms with E-state index in [0.717, 1.165) is 16.3 Å². The maximum Gasteiger partial charge on any atom is 0.247 e. The van der Waals surface area contributed by atoms with Crippen molar-refractivity contribution in [1.29, 1.82) is 5.26 Å². The molecule has 5 heteroatoms. The Morgan fingerprint density at radius 3 is 2.65 bits per heavy atom. The molecule has 1 atom stereocenters. The summed E-state index contributed by atoms with van der Waals surface area (Å²) in [5.41, 5.74) is 2.44. The lowest BCUT2D eigenvalue weighted by molar-refractivity contribution is -0.127. The van der Waals surface area contributed by atoms with Gasteiger partial charge in [-0.2, -0.15) is 5.26 Å². The number of hydrogen-bond acceptors (Lipinski definition) is 4. The van der Waals surface area contributed by atoms with E-state index in [1.54, 1.807) is 40.5 Å². The number of benzene rings is 1. The van der Waals surface area contributed by atoms with E-state index in [1.807, 2.05) is 38.3 Å². The van der Waals surface area contributed by atoms with Crippen molar-refractivity contribution in [3.63, 3.8) is 0 Å². The van der Waals surface area contributed by atoms with Gasteiger partial charge in [-0.3, -0.25) is 4.79 Å². The maximum atomic E-state index is 12.5. The number of amides is 1. The number of carbonyl (C=O) groups is 1. The van der Waals surface area contributed by atoms with Gasteiger partial charge < -0.3 is 4.90 Å². The van der Waals surface area contributed by atoms with Gasteiger partial charge in [0.25, 0.3) is 0 Å².